The molecule has 0 aromatic rings. The number of amides is 1. The molecule has 0 aromatic carbocycles. The molecule has 0 unspecified atom stereocenters. The Kier molecular flexibility index (Phi) is 6.49. The number of nitrogens with two attached hydrogens (primary N) is 1. The highest BCUT2D eigenvalue weighted by atomic mass is 16.2. The van der Waals surface area contributed by atoms with E-state index >= 15 is 0 Å². The molecule has 0 saturated carbocycles. The topological polar surface area (TPSA) is 82.8 Å². The van der Waals surface area contributed by atoms with Gasteiger partial charge in [0, 0.05) is 19.6 Å². The summed E-state index contributed by atoms with van der Waals surface area (Å²) < 4.78 is 0. The molecule has 18 heavy (non-hydrogen) atoms. The van der Waals surface area contributed by atoms with Crippen LogP contribution in [0.4, 0.5) is 0 Å². The second kappa shape index (κ2) is 7.92. The number of likely N-dealkylation sites (tertiary alicyclic amines) is 1. The molecule has 0 spiro atoms. The van der Waals surface area contributed by atoms with Gasteiger partial charge in [-0.15, -0.1) is 0 Å². The van der Waals surface area contributed by atoms with E-state index in [1.54, 1.807) is 0 Å². The highest BCUT2D eigenvalue weighted by Gasteiger charge is 2.15. The first-order chi connectivity index (χ1) is 8.63. The van der Waals surface area contributed by atoms with Crippen LogP contribution in [0.15, 0.2) is 4.99 Å². The lowest BCUT2D eigenvalue weighted by atomic mass is 10.1. The summed E-state index contributed by atoms with van der Waals surface area (Å²) in [5.74, 6) is 6.41. The fraction of sp³-hybridized carbons (Fsp3) is 0.833. The summed E-state index contributed by atoms with van der Waals surface area (Å²) in [6.07, 6.45) is 3.42. The van der Waals surface area contributed by atoms with Crippen LogP contribution in [0.5, 0.6) is 0 Å². The van der Waals surface area contributed by atoms with Crippen molar-refractivity contribution in [3.05, 3.63) is 0 Å². The average Bonchev–Trinajstić information content (AvgIpc) is 2.39. The fourth-order valence-electron chi connectivity index (χ4n) is 1.84. The zero-order valence-corrected chi connectivity index (χ0v) is 11.4. The lowest BCUT2D eigenvalue weighted by molar-refractivity contribution is -0.130. The molecule has 1 fully saturated rings. The Hall–Kier alpha value is -1.30. The van der Waals surface area contributed by atoms with E-state index in [1.807, 2.05) is 4.90 Å². The summed E-state index contributed by atoms with van der Waals surface area (Å²) >= 11 is 0. The third kappa shape index (κ3) is 5.35. The largest absolute Gasteiger partial charge is 0.355 e. The Morgan fingerprint density at radius 2 is 2.00 bits per heavy atom. The first-order valence-electron chi connectivity index (χ1n) is 6.66. The van der Waals surface area contributed by atoms with Crippen molar-refractivity contribution in [3.8, 4) is 0 Å². The van der Waals surface area contributed by atoms with Gasteiger partial charge in [0.15, 0.2) is 0 Å². The standard InChI is InChI=1S/C12H25N5O/c1-10(2)8-14-12(16-13)15-9-11(18)17-6-4-3-5-7-17/h10H,3-9,13H2,1-2H3,(H2,14,15,16). The minimum absolute atomic E-state index is 0.0776. The van der Waals surface area contributed by atoms with Gasteiger partial charge in [-0.3, -0.25) is 10.2 Å². The van der Waals surface area contributed by atoms with E-state index in [0.29, 0.717) is 11.9 Å². The molecule has 1 saturated heterocycles. The van der Waals surface area contributed by atoms with Crippen LogP contribution >= 0.6 is 0 Å². The SMILES string of the molecule is CC(C)CNC(=NCC(=O)N1CCCCC1)NN. The van der Waals surface area contributed by atoms with E-state index in [1.165, 1.54) is 6.42 Å². The van der Waals surface area contributed by atoms with Crippen molar-refractivity contribution >= 4 is 11.9 Å². The molecule has 0 radical (unpaired) electrons. The van der Waals surface area contributed by atoms with Crippen molar-refractivity contribution in [3.63, 3.8) is 0 Å². The number of carbonyl (C=O) groups excluding carboxylic acids is 1. The number of hydrazine groups is 1. The van der Waals surface area contributed by atoms with Gasteiger partial charge < -0.3 is 10.2 Å². The molecule has 1 aliphatic heterocycles. The normalized spacial score (nSPS) is 16.9. The Labute approximate surface area is 109 Å². The van der Waals surface area contributed by atoms with Gasteiger partial charge in [0.1, 0.15) is 6.54 Å². The molecule has 1 rings (SSSR count). The molecular formula is C12H25N5O. The average molecular weight is 255 g/mol. The quantitative estimate of drug-likeness (QED) is 0.287. The number of nitrogens with one attached hydrogen (secondary N) is 2. The van der Waals surface area contributed by atoms with Gasteiger partial charge >= 0.3 is 0 Å². The molecule has 0 aromatic heterocycles. The summed E-state index contributed by atoms with van der Waals surface area (Å²) in [5, 5.41) is 3.07. The van der Waals surface area contributed by atoms with Gasteiger partial charge in [-0.1, -0.05) is 13.8 Å². The summed E-state index contributed by atoms with van der Waals surface area (Å²) in [4.78, 5) is 17.9. The van der Waals surface area contributed by atoms with E-state index in [0.717, 1.165) is 32.5 Å². The summed E-state index contributed by atoms with van der Waals surface area (Å²) in [6.45, 7) is 6.85. The van der Waals surface area contributed by atoms with E-state index in [2.05, 4.69) is 29.6 Å². The lowest BCUT2D eigenvalue weighted by Gasteiger charge is -2.26. The van der Waals surface area contributed by atoms with Gasteiger partial charge in [-0.25, -0.2) is 10.8 Å². The fourth-order valence-corrected chi connectivity index (χ4v) is 1.84. The molecule has 1 heterocycles. The summed E-state index contributed by atoms with van der Waals surface area (Å²) in [7, 11) is 0. The highest BCUT2D eigenvalue weighted by molar-refractivity contribution is 5.84. The number of hydrogen-bond acceptors (Lipinski definition) is 3. The number of carbonyl (C=O) groups is 1. The molecule has 0 bridgehead atoms. The molecule has 1 aliphatic rings. The molecule has 4 N–H and O–H groups in total. The van der Waals surface area contributed by atoms with Crippen molar-refractivity contribution in [1.29, 1.82) is 0 Å². The highest BCUT2D eigenvalue weighted by Crippen LogP contribution is 2.08. The second-order valence-corrected chi connectivity index (χ2v) is 5.03. The molecule has 0 aliphatic carbocycles. The summed E-state index contributed by atoms with van der Waals surface area (Å²) in [5.41, 5.74) is 2.48. The number of piperidine rings is 1. The monoisotopic (exact) mass is 255 g/mol. The maximum atomic E-state index is 11.9. The van der Waals surface area contributed by atoms with E-state index in [9.17, 15) is 4.79 Å². The van der Waals surface area contributed by atoms with Crippen LogP contribution in [0, 0.1) is 5.92 Å². The Bertz CT molecular complexity index is 284. The van der Waals surface area contributed by atoms with Crippen molar-refractivity contribution < 1.29 is 4.79 Å². The molecule has 6 heteroatoms. The van der Waals surface area contributed by atoms with Gasteiger partial charge in [-0.2, -0.15) is 0 Å². The van der Waals surface area contributed by atoms with Crippen LogP contribution < -0.4 is 16.6 Å². The van der Waals surface area contributed by atoms with Crippen molar-refractivity contribution in [1.82, 2.24) is 15.6 Å². The van der Waals surface area contributed by atoms with Gasteiger partial charge in [0.25, 0.3) is 0 Å². The number of nitrogens with zero attached hydrogens (tertiary/aromatic N) is 2. The van der Waals surface area contributed by atoms with Crippen LogP contribution in [0.25, 0.3) is 0 Å². The van der Waals surface area contributed by atoms with Crippen LogP contribution in [0.2, 0.25) is 0 Å². The van der Waals surface area contributed by atoms with E-state index in [4.69, 9.17) is 5.84 Å². The number of rotatable bonds is 4. The van der Waals surface area contributed by atoms with Crippen molar-refractivity contribution in [2.24, 2.45) is 16.8 Å². The van der Waals surface area contributed by atoms with Crippen LogP contribution in [-0.4, -0.2) is 42.9 Å². The molecule has 0 atom stereocenters. The Morgan fingerprint density at radius 1 is 1.33 bits per heavy atom. The van der Waals surface area contributed by atoms with Crippen LogP contribution in [-0.2, 0) is 4.79 Å². The second-order valence-electron chi connectivity index (χ2n) is 5.03. The van der Waals surface area contributed by atoms with Crippen LogP contribution in [0.1, 0.15) is 33.1 Å². The van der Waals surface area contributed by atoms with E-state index < -0.39 is 0 Å². The van der Waals surface area contributed by atoms with Gasteiger partial charge in [0.05, 0.1) is 0 Å². The minimum atomic E-state index is 0.0776. The summed E-state index contributed by atoms with van der Waals surface area (Å²) in [6, 6.07) is 0. The zero-order chi connectivity index (χ0) is 13.4. The van der Waals surface area contributed by atoms with Gasteiger partial charge in [0.2, 0.25) is 11.9 Å². The first-order valence-corrected chi connectivity index (χ1v) is 6.66. The van der Waals surface area contributed by atoms with Gasteiger partial charge in [-0.05, 0) is 25.2 Å². The molecule has 104 valence electrons. The van der Waals surface area contributed by atoms with Crippen molar-refractivity contribution in [2.75, 3.05) is 26.2 Å². The third-order valence-corrected chi connectivity index (χ3v) is 2.90. The molecular weight excluding hydrogens is 230 g/mol. The van der Waals surface area contributed by atoms with Crippen LogP contribution in [0.3, 0.4) is 0 Å². The predicted molar refractivity (Wildman–Crippen MR) is 72.9 cm³/mol. The Balaban J connectivity index is 2.36. The van der Waals surface area contributed by atoms with E-state index in [-0.39, 0.29) is 12.5 Å². The lowest BCUT2D eigenvalue weighted by Crippen LogP contribution is -2.44. The maximum absolute atomic E-state index is 11.9. The van der Waals surface area contributed by atoms with Crippen molar-refractivity contribution in [2.45, 2.75) is 33.1 Å². The molecule has 6 nitrogen and oxygen atoms in total. The number of hydrogen-bond donors (Lipinski definition) is 3. The number of aliphatic imine (C=N–C) groups is 1. The predicted octanol–water partition coefficient (Wildman–Crippen LogP) is 0.0638. The first kappa shape index (κ1) is 14.8. The minimum Gasteiger partial charge on any atom is -0.355 e. The zero-order valence-electron chi connectivity index (χ0n) is 11.4. The molecule has 1 amide bonds. The number of guanidine groups is 1. The third-order valence-electron chi connectivity index (χ3n) is 2.90. The smallest absolute Gasteiger partial charge is 0.244 e. The maximum Gasteiger partial charge on any atom is 0.244 e. The Morgan fingerprint density at radius 3 is 2.56 bits per heavy atom.